The van der Waals surface area contributed by atoms with E-state index < -0.39 is 23.8 Å². The predicted octanol–water partition coefficient (Wildman–Crippen LogP) is 2.86. The number of hydrogen-bond acceptors (Lipinski definition) is 3. The summed E-state index contributed by atoms with van der Waals surface area (Å²) in [5, 5.41) is 10.8. The minimum Gasteiger partial charge on any atom is -0.330 e. The van der Waals surface area contributed by atoms with Crippen molar-refractivity contribution in [1.82, 2.24) is 4.90 Å². The number of benzene rings is 1. The molecule has 0 unspecified atom stereocenters. The van der Waals surface area contributed by atoms with Crippen molar-refractivity contribution in [2.24, 2.45) is 0 Å². The molecule has 0 spiro atoms. The summed E-state index contributed by atoms with van der Waals surface area (Å²) in [5.74, 6) is -0.545. The van der Waals surface area contributed by atoms with Crippen LogP contribution in [0.1, 0.15) is 18.4 Å². The van der Waals surface area contributed by atoms with Gasteiger partial charge < -0.3 is 4.90 Å². The van der Waals surface area contributed by atoms with Gasteiger partial charge in [0.25, 0.3) is 12.1 Å². The number of amides is 1. The largest absolute Gasteiger partial charge is 0.330 e. The van der Waals surface area contributed by atoms with Crippen molar-refractivity contribution in [1.29, 1.82) is 0 Å². The Morgan fingerprint density at radius 3 is 2.67 bits per heavy atom. The summed E-state index contributed by atoms with van der Waals surface area (Å²) in [7, 11) is 0. The Labute approximate surface area is 120 Å². The number of hydrogen-bond donors (Lipinski definition) is 0. The zero-order valence-electron chi connectivity index (χ0n) is 11.1. The molecule has 1 saturated carbocycles. The van der Waals surface area contributed by atoms with Gasteiger partial charge in [0.1, 0.15) is 0 Å². The molecule has 0 atom stereocenters. The lowest BCUT2D eigenvalue weighted by Crippen LogP contribution is -2.35. The molecule has 1 aromatic rings. The van der Waals surface area contributed by atoms with Crippen LogP contribution in [0.15, 0.2) is 30.3 Å². The van der Waals surface area contributed by atoms with Gasteiger partial charge in [-0.2, -0.15) is 0 Å². The lowest BCUT2D eigenvalue weighted by molar-refractivity contribution is -0.385. The monoisotopic (exact) mass is 296 g/mol. The molecule has 0 radical (unpaired) electrons. The summed E-state index contributed by atoms with van der Waals surface area (Å²) in [6.45, 7) is -0.606. The highest BCUT2D eigenvalue weighted by Gasteiger charge is 2.33. The molecule has 0 bridgehead atoms. The fraction of sp³-hybridized carbons (Fsp3) is 0.357. The van der Waals surface area contributed by atoms with Gasteiger partial charge in [0, 0.05) is 18.2 Å². The molecule has 7 heteroatoms. The van der Waals surface area contributed by atoms with Gasteiger partial charge in [-0.15, -0.1) is 0 Å². The highest BCUT2D eigenvalue weighted by molar-refractivity contribution is 5.92. The van der Waals surface area contributed by atoms with E-state index in [1.807, 2.05) is 0 Å². The number of carbonyl (C=O) groups is 1. The molecule has 0 heterocycles. The summed E-state index contributed by atoms with van der Waals surface area (Å²) in [6.07, 6.45) is 1.26. The Morgan fingerprint density at radius 2 is 2.10 bits per heavy atom. The van der Waals surface area contributed by atoms with Crippen LogP contribution in [0.4, 0.5) is 14.5 Å². The van der Waals surface area contributed by atoms with Gasteiger partial charge in [-0.25, -0.2) is 8.78 Å². The van der Waals surface area contributed by atoms with Crippen LogP contribution < -0.4 is 0 Å². The van der Waals surface area contributed by atoms with Crippen LogP contribution in [-0.4, -0.2) is 34.7 Å². The van der Waals surface area contributed by atoms with E-state index in [-0.39, 0.29) is 17.3 Å². The van der Waals surface area contributed by atoms with Crippen LogP contribution in [-0.2, 0) is 4.79 Å². The van der Waals surface area contributed by atoms with E-state index in [2.05, 4.69) is 0 Å². The van der Waals surface area contributed by atoms with Gasteiger partial charge in [-0.05, 0) is 25.0 Å². The molecule has 112 valence electrons. The zero-order chi connectivity index (χ0) is 15.4. The Morgan fingerprint density at radius 1 is 1.43 bits per heavy atom. The lowest BCUT2D eigenvalue weighted by Gasteiger charge is -2.19. The first-order valence-electron chi connectivity index (χ1n) is 6.49. The topological polar surface area (TPSA) is 63.4 Å². The van der Waals surface area contributed by atoms with Crippen molar-refractivity contribution in [3.63, 3.8) is 0 Å². The first-order valence-corrected chi connectivity index (χ1v) is 6.49. The lowest BCUT2D eigenvalue weighted by atomic mass is 10.1. The molecule has 1 amide bonds. The van der Waals surface area contributed by atoms with E-state index in [0.29, 0.717) is 0 Å². The summed E-state index contributed by atoms with van der Waals surface area (Å²) < 4.78 is 24.9. The zero-order valence-corrected chi connectivity index (χ0v) is 11.1. The Bertz CT molecular complexity index is 571. The Kier molecular flexibility index (Phi) is 4.62. The molecule has 0 aliphatic heterocycles. The number of nitro benzene ring substituents is 1. The molecular formula is C14H14F2N2O3. The van der Waals surface area contributed by atoms with Crippen LogP contribution in [0.2, 0.25) is 0 Å². The van der Waals surface area contributed by atoms with Crippen LogP contribution in [0.3, 0.4) is 0 Å². The van der Waals surface area contributed by atoms with E-state index in [9.17, 15) is 23.7 Å². The second-order valence-electron chi connectivity index (χ2n) is 4.76. The Balaban J connectivity index is 2.12. The second-order valence-corrected chi connectivity index (χ2v) is 4.76. The normalized spacial score (nSPS) is 14.6. The maximum absolute atomic E-state index is 12.5. The molecule has 2 rings (SSSR count). The van der Waals surface area contributed by atoms with E-state index in [0.717, 1.165) is 23.8 Å². The standard InChI is InChI=1S/C14H14F2N2O3/c15-13(16)9-17(11-6-7-11)14(19)8-5-10-3-1-2-4-12(10)18(20)21/h1-5,8,11,13H,6-7,9H2/b8-5-. The molecule has 0 N–H and O–H groups in total. The molecule has 5 nitrogen and oxygen atoms in total. The van der Waals surface area contributed by atoms with E-state index >= 15 is 0 Å². The van der Waals surface area contributed by atoms with Crippen LogP contribution in [0.25, 0.3) is 6.08 Å². The number of halogens is 2. The van der Waals surface area contributed by atoms with Gasteiger partial charge in [-0.3, -0.25) is 14.9 Å². The summed E-state index contributed by atoms with van der Waals surface area (Å²) in [4.78, 5) is 23.4. The maximum Gasteiger partial charge on any atom is 0.276 e. The number of para-hydroxylation sites is 1. The molecule has 1 fully saturated rings. The highest BCUT2D eigenvalue weighted by Crippen LogP contribution is 2.28. The third kappa shape index (κ3) is 4.08. The molecule has 1 aliphatic carbocycles. The van der Waals surface area contributed by atoms with Gasteiger partial charge in [0.2, 0.25) is 5.91 Å². The first-order chi connectivity index (χ1) is 9.99. The quantitative estimate of drug-likeness (QED) is 0.460. The molecule has 0 saturated heterocycles. The van der Waals surface area contributed by atoms with Gasteiger partial charge in [0.15, 0.2) is 0 Å². The SMILES string of the molecule is O=C(/C=C\c1ccccc1[N+](=O)[O-])N(CC(F)F)C1CC1. The van der Waals surface area contributed by atoms with Gasteiger partial charge >= 0.3 is 0 Å². The molecule has 1 aliphatic rings. The fourth-order valence-corrected chi connectivity index (χ4v) is 2.01. The number of alkyl halides is 2. The number of nitrogens with zero attached hydrogens (tertiary/aromatic N) is 2. The van der Waals surface area contributed by atoms with Crippen LogP contribution >= 0.6 is 0 Å². The van der Waals surface area contributed by atoms with Crippen molar-refractivity contribution in [2.75, 3.05) is 6.54 Å². The Hall–Kier alpha value is -2.31. The number of nitro groups is 1. The fourth-order valence-electron chi connectivity index (χ4n) is 2.01. The molecule has 0 aromatic heterocycles. The van der Waals surface area contributed by atoms with E-state index in [4.69, 9.17) is 0 Å². The third-order valence-corrected chi connectivity index (χ3v) is 3.14. The van der Waals surface area contributed by atoms with Gasteiger partial charge in [0.05, 0.1) is 17.0 Å². The van der Waals surface area contributed by atoms with Gasteiger partial charge in [-0.1, -0.05) is 12.1 Å². The van der Waals surface area contributed by atoms with Crippen molar-refractivity contribution in [3.05, 3.63) is 46.0 Å². The van der Waals surface area contributed by atoms with E-state index in [1.54, 1.807) is 6.07 Å². The minimum absolute atomic E-state index is 0.131. The maximum atomic E-state index is 12.5. The molecule has 1 aromatic carbocycles. The average Bonchev–Trinajstić information content (AvgIpc) is 3.26. The highest BCUT2D eigenvalue weighted by atomic mass is 19.3. The summed E-state index contributed by atoms with van der Waals surface area (Å²) >= 11 is 0. The van der Waals surface area contributed by atoms with Crippen molar-refractivity contribution in [3.8, 4) is 0 Å². The van der Waals surface area contributed by atoms with E-state index in [1.165, 1.54) is 24.3 Å². The van der Waals surface area contributed by atoms with Crippen LogP contribution in [0.5, 0.6) is 0 Å². The summed E-state index contributed by atoms with van der Waals surface area (Å²) in [6, 6.07) is 5.81. The average molecular weight is 296 g/mol. The molecule has 21 heavy (non-hydrogen) atoms. The first kappa shape index (κ1) is 15.1. The smallest absolute Gasteiger partial charge is 0.276 e. The van der Waals surface area contributed by atoms with Crippen molar-refractivity contribution in [2.45, 2.75) is 25.3 Å². The minimum atomic E-state index is -2.59. The third-order valence-electron chi connectivity index (χ3n) is 3.14. The molecular weight excluding hydrogens is 282 g/mol. The second kappa shape index (κ2) is 6.43. The number of rotatable bonds is 6. The summed E-state index contributed by atoms with van der Waals surface area (Å²) in [5.41, 5.74) is 0.136. The van der Waals surface area contributed by atoms with Crippen LogP contribution in [0, 0.1) is 10.1 Å². The predicted molar refractivity (Wildman–Crippen MR) is 72.9 cm³/mol. The van der Waals surface area contributed by atoms with Crippen molar-refractivity contribution >= 4 is 17.7 Å². The number of carbonyl (C=O) groups excluding carboxylic acids is 1. The van der Waals surface area contributed by atoms with Crippen molar-refractivity contribution < 1.29 is 18.5 Å².